The summed E-state index contributed by atoms with van der Waals surface area (Å²) >= 11 is 1.64. The quantitative estimate of drug-likeness (QED) is 0.575. The maximum absolute atomic E-state index is 11.7. The van der Waals surface area contributed by atoms with Gasteiger partial charge in [-0.3, -0.25) is 5.41 Å². The second-order valence-electron chi connectivity index (χ2n) is 5.15. The fourth-order valence-electron chi connectivity index (χ4n) is 1.62. The van der Waals surface area contributed by atoms with Crippen LogP contribution in [0.3, 0.4) is 0 Å². The molecule has 1 N–H and O–H groups in total. The van der Waals surface area contributed by atoms with E-state index in [0.29, 0.717) is 18.1 Å². The lowest BCUT2D eigenvalue weighted by Crippen LogP contribution is -2.52. The van der Waals surface area contributed by atoms with Crippen LogP contribution in [0, 0.1) is 10.8 Å². The predicted molar refractivity (Wildman–Crippen MR) is 69.8 cm³/mol. The minimum absolute atomic E-state index is 0.301. The van der Waals surface area contributed by atoms with Crippen molar-refractivity contribution in [3.8, 4) is 0 Å². The van der Waals surface area contributed by atoms with Gasteiger partial charge < -0.3 is 4.90 Å². The minimum atomic E-state index is -3.12. The SMILES string of the molecule is CC(C)(C)C(=N)N1CCSCC1S(C)(=O)=O. The standard InChI is InChI=1S/C10H20N2O2S2/c1-10(2,3)9(11)12-5-6-15-7-8(12)16(4,13)14/h8,11H,5-7H2,1-4H3. The van der Waals surface area contributed by atoms with Crippen molar-refractivity contribution >= 4 is 27.4 Å². The van der Waals surface area contributed by atoms with Crippen LogP contribution < -0.4 is 0 Å². The number of hydrogen-bond acceptors (Lipinski definition) is 4. The van der Waals surface area contributed by atoms with E-state index in [9.17, 15) is 8.42 Å². The van der Waals surface area contributed by atoms with Gasteiger partial charge in [0.2, 0.25) is 0 Å². The van der Waals surface area contributed by atoms with Gasteiger partial charge in [0.05, 0.1) is 0 Å². The van der Waals surface area contributed by atoms with E-state index in [0.717, 1.165) is 5.75 Å². The van der Waals surface area contributed by atoms with E-state index >= 15 is 0 Å². The lowest BCUT2D eigenvalue weighted by molar-refractivity contribution is 0.361. The van der Waals surface area contributed by atoms with Crippen molar-refractivity contribution in [2.24, 2.45) is 5.41 Å². The number of nitrogens with one attached hydrogen (secondary N) is 1. The first-order chi connectivity index (χ1) is 7.14. The van der Waals surface area contributed by atoms with Crippen LogP contribution in [0.5, 0.6) is 0 Å². The van der Waals surface area contributed by atoms with E-state index in [4.69, 9.17) is 5.41 Å². The Balaban J connectivity index is 2.96. The smallest absolute Gasteiger partial charge is 0.169 e. The van der Waals surface area contributed by atoms with Gasteiger partial charge in [-0.1, -0.05) is 20.8 Å². The number of sulfone groups is 1. The Morgan fingerprint density at radius 2 is 2.00 bits per heavy atom. The normalized spacial score (nSPS) is 23.2. The Kier molecular flexibility index (Phi) is 3.95. The highest BCUT2D eigenvalue weighted by Crippen LogP contribution is 2.26. The van der Waals surface area contributed by atoms with E-state index < -0.39 is 15.2 Å². The highest BCUT2D eigenvalue weighted by Gasteiger charge is 2.36. The van der Waals surface area contributed by atoms with E-state index in [1.54, 1.807) is 16.7 Å². The average molecular weight is 264 g/mol. The summed E-state index contributed by atoms with van der Waals surface area (Å²) in [4.78, 5) is 1.74. The van der Waals surface area contributed by atoms with Crippen LogP contribution in [0.1, 0.15) is 20.8 Å². The van der Waals surface area contributed by atoms with E-state index in [2.05, 4.69) is 0 Å². The molecule has 4 nitrogen and oxygen atoms in total. The highest BCUT2D eigenvalue weighted by atomic mass is 32.2. The van der Waals surface area contributed by atoms with Crippen molar-refractivity contribution in [2.75, 3.05) is 24.3 Å². The monoisotopic (exact) mass is 264 g/mol. The summed E-state index contributed by atoms with van der Waals surface area (Å²) in [5, 5.41) is 7.57. The van der Waals surface area contributed by atoms with E-state index in [1.807, 2.05) is 20.8 Å². The largest absolute Gasteiger partial charge is 0.342 e. The second-order valence-corrected chi connectivity index (χ2v) is 8.50. The minimum Gasteiger partial charge on any atom is -0.342 e. The van der Waals surface area contributed by atoms with Crippen molar-refractivity contribution in [3.05, 3.63) is 0 Å². The summed E-state index contributed by atoms with van der Waals surface area (Å²) in [5.41, 5.74) is -0.301. The van der Waals surface area contributed by atoms with Gasteiger partial charge in [-0.05, 0) is 0 Å². The van der Waals surface area contributed by atoms with Crippen LogP contribution in [0.25, 0.3) is 0 Å². The first kappa shape index (κ1) is 13.8. The molecule has 1 rings (SSSR count). The molecule has 1 heterocycles. The molecule has 6 heteroatoms. The zero-order valence-corrected chi connectivity index (χ0v) is 11.9. The molecule has 0 aromatic carbocycles. The van der Waals surface area contributed by atoms with Crippen LogP contribution in [0.15, 0.2) is 0 Å². The van der Waals surface area contributed by atoms with E-state index in [-0.39, 0.29) is 5.41 Å². The van der Waals surface area contributed by atoms with Gasteiger partial charge in [0.1, 0.15) is 11.2 Å². The first-order valence-corrected chi connectivity index (χ1v) is 8.37. The molecule has 16 heavy (non-hydrogen) atoms. The Hall–Kier alpha value is -0.230. The van der Waals surface area contributed by atoms with Crippen molar-refractivity contribution in [2.45, 2.75) is 26.1 Å². The third-order valence-corrected chi connectivity index (χ3v) is 5.22. The average Bonchev–Trinajstić information content (AvgIpc) is 2.14. The summed E-state index contributed by atoms with van der Waals surface area (Å²) in [6.07, 6.45) is 1.26. The zero-order valence-electron chi connectivity index (χ0n) is 10.3. The Morgan fingerprint density at radius 3 is 2.44 bits per heavy atom. The Labute approximate surface area is 102 Å². The first-order valence-electron chi connectivity index (χ1n) is 5.26. The molecule has 0 aliphatic carbocycles. The van der Waals surface area contributed by atoms with Crippen molar-refractivity contribution < 1.29 is 8.42 Å². The fourth-order valence-corrected chi connectivity index (χ4v) is 4.45. The summed E-state index contributed by atoms with van der Waals surface area (Å²) in [7, 11) is -3.12. The van der Waals surface area contributed by atoms with Gasteiger partial charge in [-0.15, -0.1) is 0 Å². The molecule has 0 amide bonds. The molecule has 0 bridgehead atoms. The van der Waals surface area contributed by atoms with Crippen LogP contribution in [0.4, 0.5) is 0 Å². The molecule has 0 radical (unpaired) electrons. The van der Waals surface area contributed by atoms with Gasteiger partial charge in [0.25, 0.3) is 0 Å². The molecule has 0 saturated carbocycles. The van der Waals surface area contributed by atoms with Crippen molar-refractivity contribution in [3.63, 3.8) is 0 Å². The molecule has 1 saturated heterocycles. The molecule has 1 aliphatic rings. The topological polar surface area (TPSA) is 61.2 Å². The molecule has 1 aliphatic heterocycles. The van der Waals surface area contributed by atoms with Crippen molar-refractivity contribution in [1.29, 1.82) is 5.41 Å². The summed E-state index contributed by atoms with van der Waals surface area (Å²) in [6, 6.07) is 0. The van der Waals surface area contributed by atoms with E-state index in [1.165, 1.54) is 6.26 Å². The van der Waals surface area contributed by atoms with Crippen molar-refractivity contribution in [1.82, 2.24) is 4.90 Å². The van der Waals surface area contributed by atoms with Crippen LogP contribution in [-0.2, 0) is 9.84 Å². The molecule has 1 fully saturated rings. The fraction of sp³-hybridized carbons (Fsp3) is 0.900. The number of nitrogens with zero attached hydrogens (tertiary/aromatic N) is 1. The lowest BCUT2D eigenvalue weighted by atomic mass is 9.94. The molecular weight excluding hydrogens is 244 g/mol. The maximum Gasteiger partial charge on any atom is 0.169 e. The molecule has 0 spiro atoms. The molecule has 0 aromatic heterocycles. The molecular formula is C10H20N2O2S2. The Bertz CT molecular complexity index is 371. The third-order valence-electron chi connectivity index (χ3n) is 2.58. The summed E-state index contributed by atoms with van der Waals surface area (Å²) in [5.74, 6) is 1.88. The van der Waals surface area contributed by atoms with Gasteiger partial charge in [-0.25, -0.2) is 8.42 Å². The molecule has 94 valence electrons. The third kappa shape index (κ3) is 3.13. The van der Waals surface area contributed by atoms with Gasteiger partial charge in [0.15, 0.2) is 9.84 Å². The molecule has 0 aromatic rings. The molecule has 1 atom stereocenters. The number of thioether (sulfide) groups is 1. The lowest BCUT2D eigenvalue weighted by Gasteiger charge is -2.40. The van der Waals surface area contributed by atoms with Gasteiger partial charge in [-0.2, -0.15) is 11.8 Å². The second kappa shape index (κ2) is 4.56. The Morgan fingerprint density at radius 1 is 1.44 bits per heavy atom. The summed E-state index contributed by atoms with van der Waals surface area (Å²) < 4.78 is 23.4. The van der Waals surface area contributed by atoms with Crippen LogP contribution in [-0.4, -0.2) is 48.8 Å². The highest BCUT2D eigenvalue weighted by molar-refractivity contribution is 8.00. The number of rotatable bonds is 1. The van der Waals surface area contributed by atoms with Gasteiger partial charge >= 0.3 is 0 Å². The number of hydrogen-bond donors (Lipinski definition) is 1. The van der Waals surface area contributed by atoms with Crippen LogP contribution in [0.2, 0.25) is 0 Å². The number of amidine groups is 1. The predicted octanol–water partition coefficient (Wildman–Crippen LogP) is 1.43. The summed E-state index contributed by atoms with van der Waals surface area (Å²) in [6.45, 7) is 6.47. The van der Waals surface area contributed by atoms with Crippen LogP contribution >= 0.6 is 11.8 Å². The van der Waals surface area contributed by atoms with Gasteiger partial charge in [0, 0.05) is 29.7 Å². The maximum atomic E-state index is 11.7. The zero-order chi connectivity index (χ0) is 12.6. The molecule has 1 unspecified atom stereocenters.